The molecule has 0 radical (unpaired) electrons. The maximum absolute atomic E-state index is 11.4. The summed E-state index contributed by atoms with van der Waals surface area (Å²) in [6.45, 7) is 10.6. The monoisotopic (exact) mass is 269 g/mol. The molecule has 0 unspecified atom stereocenters. The summed E-state index contributed by atoms with van der Waals surface area (Å²) in [5.74, 6) is 0.379. The molecule has 7 nitrogen and oxygen atoms in total. The highest BCUT2D eigenvalue weighted by atomic mass is 16.4. The van der Waals surface area contributed by atoms with Crippen LogP contribution in [0.3, 0.4) is 0 Å². The van der Waals surface area contributed by atoms with Gasteiger partial charge in [-0.25, -0.2) is 0 Å². The zero-order valence-corrected chi connectivity index (χ0v) is 12.2. The first kappa shape index (κ1) is 15.4. The van der Waals surface area contributed by atoms with Crippen LogP contribution < -0.4 is 16.0 Å². The summed E-state index contributed by atoms with van der Waals surface area (Å²) < 4.78 is 5.36. The van der Waals surface area contributed by atoms with Gasteiger partial charge in [-0.1, -0.05) is 5.10 Å². The zero-order chi connectivity index (χ0) is 14.5. The molecule has 0 aliphatic rings. The molecule has 1 aromatic rings. The predicted octanol–water partition coefficient (Wildman–Crippen LogP) is 0.894. The maximum Gasteiger partial charge on any atom is 0.315 e. The number of hydrogen-bond acceptors (Lipinski definition) is 6. The lowest BCUT2D eigenvalue weighted by molar-refractivity contribution is -0.119. The van der Waals surface area contributed by atoms with Crippen molar-refractivity contribution in [1.82, 2.24) is 20.8 Å². The molecule has 0 bridgehead atoms. The largest absolute Gasteiger partial charge is 0.407 e. The van der Waals surface area contributed by atoms with Crippen LogP contribution in [0.2, 0.25) is 0 Å². The molecule has 0 saturated carbocycles. The lowest BCUT2D eigenvalue weighted by Gasteiger charge is -2.18. The summed E-state index contributed by atoms with van der Waals surface area (Å²) in [6.07, 6.45) is 0. The van der Waals surface area contributed by atoms with E-state index in [4.69, 9.17) is 4.42 Å². The van der Waals surface area contributed by atoms with E-state index in [0.29, 0.717) is 12.4 Å². The molecule has 108 valence electrons. The number of aromatic nitrogens is 2. The highest BCUT2D eigenvalue weighted by molar-refractivity contribution is 5.80. The van der Waals surface area contributed by atoms with Gasteiger partial charge in [-0.15, -0.1) is 5.10 Å². The molecule has 0 spiro atoms. The molecule has 0 fully saturated rings. The molecule has 0 atom stereocenters. The Labute approximate surface area is 113 Å². The fourth-order valence-electron chi connectivity index (χ4n) is 1.27. The second-order valence-electron chi connectivity index (χ2n) is 5.68. The summed E-state index contributed by atoms with van der Waals surface area (Å²) in [4.78, 5) is 11.4. The molecule has 19 heavy (non-hydrogen) atoms. The molecule has 1 heterocycles. The van der Waals surface area contributed by atoms with Crippen LogP contribution in [0.5, 0.6) is 0 Å². The van der Waals surface area contributed by atoms with Crippen molar-refractivity contribution in [2.45, 2.75) is 52.7 Å². The van der Waals surface area contributed by atoms with Crippen molar-refractivity contribution in [3.63, 3.8) is 0 Å². The van der Waals surface area contributed by atoms with E-state index in [1.54, 1.807) is 0 Å². The number of nitrogens with one attached hydrogen (secondary N) is 3. The Morgan fingerprint density at radius 3 is 2.58 bits per heavy atom. The average Bonchev–Trinajstić information content (AvgIpc) is 2.69. The first-order chi connectivity index (χ1) is 8.76. The molecule has 1 rings (SSSR count). The Morgan fingerprint density at radius 2 is 2.00 bits per heavy atom. The molecular formula is C12H23N5O2. The van der Waals surface area contributed by atoms with Gasteiger partial charge in [0.25, 0.3) is 0 Å². The van der Waals surface area contributed by atoms with Crippen molar-refractivity contribution in [1.29, 1.82) is 0 Å². The van der Waals surface area contributed by atoms with Crippen LogP contribution in [0.4, 0.5) is 6.01 Å². The van der Waals surface area contributed by atoms with Crippen molar-refractivity contribution in [2.75, 3.05) is 11.9 Å². The Kier molecular flexibility index (Phi) is 5.29. The van der Waals surface area contributed by atoms with Crippen LogP contribution in [0.1, 0.15) is 40.5 Å². The van der Waals surface area contributed by atoms with Gasteiger partial charge in [-0.2, -0.15) is 0 Å². The third-order valence-corrected chi connectivity index (χ3v) is 2.09. The van der Waals surface area contributed by atoms with Crippen LogP contribution in [0.25, 0.3) is 0 Å². The number of rotatable bonds is 6. The highest BCUT2D eigenvalue weighted by Crippen LogP contribution is 2.07. The van der Waals surface area contributed by atoms with E-state index < -0.39 is 0 Å². The van der Waals surface area contributed by atoms with Gasteiger partial charge in [-0.3, -0.25) is 4.79 Å². The Balaban J connectivity index is 2.36. The molecular weight excluding hydrogens is 246 g/mol. The van der Waals surface area contributed by atoms with Crippen LogP contribution in [0.15, 0.2) is 4.42 Å². The van der Waals surface area contributed by atoms with Gasteiger partial charge < -0.3 is 20.4 Å². The lowest BCUT2D eigenvalue weighted by atomic mass is 10.1. The number of anilines is 1. The topological polar surface area (TPSA) is 92.1 Å². The van der Waals surface area contributed by atoms with Crippen LogP contribution in [0, 0.1) is 0 Å². The van der Waals surface area contributed by atoms with Gasteiger partial charge in [-0.05, 0) is 34.6 Å². The molecule has 0 aliphatic carbocycles. The predicted molar refractivity (Wildman–Crippen MR) is 72.7 cm³/mol. The van der Waals surface area contributed by atoms with E-state index in [1.165, 1.54) is 0 Å². The SMILES string of the molecule is CC(C)NC(=O)CNc1nnc(CNC(C)(C)C)o1. The van der Waals surface area contributed by atoms with E-state index in [1.807, 2.05) is 13.8 Å². The van der Waals surface area contributed by atoms with Crippen LogP contribution >= 0.6 is 0 Å². The van der Waals surface area contributed by atoms with Gasteiger partial charge >= 0.3 is 6.01 Å². The second kappa shape index (κ2) is 6.51. The zero-order valence-electron chi connectivity index (χ0n) is 12.2. The fraction of sp³-hybridized carbons (Fsp3) is 0.750. The normalized spacial score (nSPS) is 11.7. The van der Waals surface area contributed by atoms with Gasteiger partial charge in [0.2, 0.25) is 11.8 Å². The van der Waals surface area contributed by atoms with E-state index >= 15 is 0 Å². The van der Waals surface area contributed by atoms with E-state index in [9.17, 15) is 4.79 Å². The molecule has 0 aliphatic heterocycles. The number of carbonyl (C=O) groups is 1. The number of amides is 1. The maximum atomic E-state index is 11.4. The standard InChI is InChI=1S/C12H23N5O2/c1-8(2)15-9(18)6-13-11-17-16-10(19-11)7-14-12(3,4)5/h8,14H,6-7H2,1-5H3,(H,13,17)(H,15,18). The molecule has 3 N–H and O–H groups in total. The summed E-state index contributed by atoms with van der Waals surface area (Å²) in [6, 6.07) is 0.369. The summed E-state index contributed by atoms with van der Waals surface area (Å²) in [5.41, 5.74) is -0.0147. The van der Waals surface area contributed by atoms with E-state index in [-0.39, 0.29) is 30.0 Å². The van der Waals surface area contributed by atoms with Crippen molar-refractivity contribution >= 4 is 11.9 Å². The third kappa shape index (κ3) is 6.76. The lowest BCUT2D eigenvalue weighted by Crippen LogP contribution is -2.35. The highest BCUT2D eigenvalue weighted by Gasteiger charge is 2.12. The first-order valence-corrected chi connectivity index (χ1v) is 6.37. The summed E-state index contributed by atoms with van der Waals surface area (Å²) in [5, 5.41) is 16.5. The first-order valence-electron chi connectivity index (χ1n) is 6.37. The number of nitrogens with zero attached hydrogens (tertiary/aromatic N) is 2. The summed E-state index contributed by atoms with van der Waals surface area (Å²) >= 11 is 0. The van der Waals surface area contributed by atoms with Gasteiger partial charge in [0, 0.05) is 11.6 Å². The minimum absolute atomic E-state index is 0.0147. The molecule has 7 heteroatoms. The fourth-order valence-corrected chi connectivity index (χ4v) is 1.27. The van der Waals surface area contributed by atoms with Crippen molar-refractivity contribution < 1.29 is 9.21 Å². The Morgan fingerprint density at radius 1 is 1.32 bits per heavy atom. The third-order valence-electron chi connectivity index (χ3n) is 2.09. The minimum Gasteiger partial charge on any atom is -0.407 e. The minimum atomic E-state index is -0.109. The van der Waals surface area contributed by atoms with Crippen molar-refractivity contribution in [2.24, 2.45) is 0 Å². The number of carbonyl (C=O) groups excluding carboxylic acids is 1. The van der Waals surface area contributed by atoms with Gasteiger partial charge in [0.1, 0.15) is 0 Å². The average molecular weight is 269 g/mol. The second-order valence-corrected chi connectivity index (χ2v) is 5.68. The van der Waals surface area contributed by atoms with E-state index in [2.05, 4.69) is 46.9 Å². The van der Waals surface area contributed by atoms with Gasteiger partial charge in [0.05, 0.1) is 13.1 Å². The molecule has 1 aromatic heterocycles. The van der Waals surface area contributed by atoms with Crippen LogP contribution in [-0.2, 0) is 11.3 Å². The van der Waals surface area contributed by atoms with Crippen molar-refractivity contribution in [3.05, 3.63) is 5.89 Å². The Hall–Kier alpha value is -1.63. The smallest absolute Gasteiger partial charge is 0.315 e. The molecule has 0 saturated heterocycles. The molecule has 1 amide bonds. The van der Waals surface area contributed by atoms with Crippen molar-refractivity contribution in [3.8, 4) is 0 Å². The van der Waals surface area contributed by atoms with Crippen LogP contribution in [-0.4, -0.2) is 34.2 Å². The Bertz CT molecular complexity index is 408. The molecule has 0 aromatic carbocycles. The number of hydrogen-bond donors (Lipinski definition) is 3. The van der Waals surface area contributed by atoms with E-state index in [0.717, 1.165) is 0 Å². The quantitative estimate of drug-likeness (QED) is 0.710. The van der Waals surface area contributed by atoms with Gasteiger partial charge in [0.15, 0.2) is 0 Å². The summed E-state index contributed by atoms with van der Waals surface area (Å²) in [7, 11) is 0.